The molecule has 0 bridgehead atoms. The van der Waals surface area contributed by atoms with E-state index in [2.05, 4.69) is 26.7 Å². The Morgan fingerprint density at radius 1 is 1.39 bits per heavy atom. The zero-order chi connectivity index (χ0) is 16.2. The van der Waals surface area contributed by atoms with Crippen LogP contribution in [0.25, 0.3) is 0 Å². The quantitative estimate of drug-likeness (QED) is 0.625. The molecule has 3 rings (SSSR count). The number of anilines is 1. The molecule has 1 saturated carbocycles. The molecule has 1 fully saturated rings. The number of thioether (sulfide) groups is 1. The van der Waals surface area contributed by atoms with Crippen molar-refractivity contribution in [3.05, 3.63) is 48.3 Å². The van der Waals surface area contributed by atoms with Crippen LogP contribution in [0.3, 0.4) is 0 Å². The normalized spacial score (nSPS) is 13.8. The predicted octanol–water partition coefficient (Wildman–Crippen LogP) is 3.38. The van der Waals surface area contributed by atoms with Gasteiger partial charge in [0.25, 0.3) is 0 Å². The molecule has 0 radical (unpaired) electrons. The van der Waals surface area contributed by atoms with E-state index in [1.54, 1.807) is 0 Å². The highest BCUT2D eigenvalue weighted by molar-refractivity contribution is 7.99. The number of rotatable bonds is 7. The minimum atomic E-state index is -0.0417. The van der Waals surface area contributed by atoms with Crippen LogP contribution in [0.1, 0.15) is 30.1 Å². The zero-order valence-corrected chi connectivity index (χ0v) is 14.0. The molecule has 5 nitrogen and oxygen atoms in total. The minimum absolute atomic E-state index is 0.0417. The van der Waals surface area contributed by atoms with Crippen molar-refractivity contribution in [2.75, 3.05) is 11.1 Å². The molecule has 1 amide bonds. The summed E-state index contributed by atoms with van der Waals surface area (Å²) in [6.45, 7) is 6.49. The fourth-order valence-corrected chi connectivity index (χ4v) is 3.07. The number of carbonyl (C=O) groups excluding carboxylic acids is 1. The number of aryl methyl sites for hydroxylation is 1. The summed E-state index contributed by atoms with van der Waals surface area (Å²) in [5, 5.41) is 12.2. The third kappa shape index (κ3) is 4.01. The summed E-state index contributed by atoms with van der Waals surface area (Å²) in [6.07, 6.45) is 4.19. The molecule has 1 aromatic heterocycles. The van der Waals surface area contributed by atoms with Gasteiger partial charge in [0.05, 0.1) is 5.75 Å². The van der Waals surface area contributed by atoms with Crippen molar-refractivity contribution in [2.45, 2.75) is 37.4 Å². The Morgan fingerprint density at radius 2 is 2.13 bits per heavy atom. The summed E-state index contributed by atoms with van der Waals surface area (Å²) < 4.78 is 2.06. The van der Waals surface area contributed by atoms with Crippen molar-refractivity contribution in [1.82, 2.24) is 14.8 Å². The van der Waals surface area contributed by atoms with Gasteiger partial charge >= 0.3 is 0 Å². The number of amides is 1. The molecule has 2 aromatic rings. The molecule has 0 saturated heterocycles. The molecular formula is C17H20N4OS. The van der Waals surface area contributed by atoms with Gasteiger partial charge in [-0.05, 0) is 31.9 Å². The lowest BCUT2D eigenvalue weighted by molar-refractivity contribution is -0.113. The molecule has 0 atom stereocenters. The average Bonchev–Trinajstić information content (AvgIpc) is 3.30. The number of benzene rings is 1. The van der Waals surface area contributed by atoms with E-state index in [-0.39, 0.29) is 5.91 Å². The fraction of sp³-hybridized carbons (Fsp3) is 0.353. The van der Waals surface area contributed by atoms with E-state index in [1.807, 2.05) is 37.3 Å². The van der Waals surface area contributed by atoms with Gasteiger partial charge in [-0.15, -0.1) is 16.8 Å². The van der Waals surface area contributed by atoms with E-state index in [9.17, 15) is 4.79 Å². The molecule has 1 heterocycles. The van der Waals surface area contributed by atoms with E-state index in [0.717, 1.165) is 16.7 Å². The van der Waals surface area contributed by atoms with Crippen LogP contribution in [0, 0.1) is 6.92 Å². The molecule has 0 unspecified atom stereocenters. The first-order valence-corrected chi connectivity index (χ1v) is 8.69. The first kappa shape index (κ1) is 15.8. The number of nitrogens with zero attached hydrogens (tertiary/aromatic N) is 3. The van der Waals surface area contributed by atoms with Gasteiger partial charge in [-0.1, -0.05) is 35.5 Å². The van der Waals surface area contributed by atoms with Crippen LogP contribution in [-0.4, -0.2) is 26.4 Å². The maximum atomic E-state index is 12.1. The molecular weight excluding hydrogens is 308 g/mol. The lowest BCUT2D eigenvalue weighted by Crippen LogP contribution is -2.14. The fourth-order valence-electron chi connectivity index (χ4n) is 2.32. The second-order valence-electron chi connectivity index (χ2n) is 5.72. The van der Waals surface area contributed by atoms with E-state index in [0.29, 0.717) is 18.2 Å². The molecule has 0 aliphatic heterocycles. The van der Waals surface area contributed by atoms with Crippen LogP contribution >= 0.6 is 11.8 Å². The van der Waals surface area contributed by atoms with Crippen molar-refractivity contribution >= 4 is 23.4 Å². The second-order valence-corrected chi connectivity index (χ2v) is 6.66. The highest BCUT2D eigenvalue weighted by Gasteiger charge is 2.30. The monoisotopic (exact) mass is 328 g/mol. The van der Waals surface area contributed by atoms with Gasteiger partial charge in [0.2, 0.25) is 5.91 Å². The molecule has 1 aliphatic rings. The number of nitrogens with one attached hydrogen (secondary N) is 1. The average molecular weight is 328 g/mol. The smallest absolute Gasteiger partial charge is 0.234 e. The standard InChI is InChI=1S/C17H20N4OS/c1-3-10-21-16(13-6-7-13)19-20-17(21)23-11-15(22)18-14-8-4-12(2)5-9-14/h3-5,8-9,13H,1,6-7,10-11H2,2H3,(H,18,22). The Hall–Kier alpha value is -2.08. The Morgan fingerprint density at radius 3 is 2.78 bits per heavy atom. The molecule has 120 valence electrons. The molecule has 0 spiro atoms. The third-order valence-corrected chi connectivity index (χ3v) is 4.63. The largest absolute Gasteiger partial charge is 0.325 e. The maximum Gasteiger partial charge on any atom is 0.234 e. The molecule has 1 aromatic carbocycles. The number of hydrogen-bond donors (Lipinski definition) is 1. The van der Waals surface area contributed by atoms with Crippen LogP contribution in [0.15, 0.2) is 42.1 Å². The van der Waals surface area contributed by atoms with E-state index in [1.165, 1.54) is 30.2 Å². The van der Waals surface area contributed by atoms with Gasteiger partial charge in [0, 0.05) is 18.2 Å². The van der Waals surface area contributed by atoms with Crippen molar-refractivity contribution < 1.29 is 4.79 Å². The van der Waals surface area contributed by atoms with Crippen molar-refractivity contribution in [1.29, 1.82) is 0 Å². The number of aromatic nitrogens is 3. The van der Waals surface area contributed by atoms with Crippen molar-refractivity contribution in [2.24, 2.45) is 0 Å². The van der Waals surface area contributed by atoms with Crippen LogP contribution in [-0.2, 0) is 11.3 Å². The Bertz CT molecular complexity index is 704. The molecule has 1 aliphatic carbocycles. The SMILES string of the molecule is C=CCn1c(SCC(=O)Nc2ccc(C)cc2)nnc1C1CC1. The van der Waals surface area contributed by atoms with Crippen LogP contribution in [0.5, 0.6) is 0 Å². The summed E-state index contributed by atoms with van der Waals surface area (Å²) >= 11 is 1.41. The summed E-state index contributed by atoms with van der Waals surface area (Å²) in [7, 11) is 0. The highest BCUT2D eigenvalue weighted by Crippen LogP contribution is 2.40. The first-order chi connectivity index (χ1) is 11.2. The Labute approximate surface area is 140 Å². The van der Waals surface area contributed by atoms with Crippen LogP contribution in [0.4, 0.5) is 5.69 Å². The first-order valence-electron chi connectivity index (χ1n) is 7.70. The topological polar surface area (TPSA) is 59.8 Å². The third-order valence-electron chi connectivity index (χ3n) is 3.67. The lowest BCUT2D eigenvalue weighted by Gasteiger charge is -2.07. The van der Waals surface area contributed by atoms with Gasteiger partial charge in [-0.2, -0.15) is 0 Å². The molecule has 23 heavy (non-hydrogen) atoms. The summed E-state index contributed by atoms with van der Waals surface area (Å²) in [4.78, 5) is 12.1. The van der Waals surface area contributed by atoms with Gasteiger partial charge in [0.1, 0.15) is 5.82 Å². The van der Waals surface area contributed by atoms with Gasteiger partial charge < -0.3 is 9.88 Å². The van der Waals surface area contributed by atoms with Crippen LogP contribution < -0.4 is 5.32 Å². The minimum Gasteiger partial charge on any atom is -0.325 e. The Kier molecular flexibility index (Phi) is 4.81. The maximum absolute atomic E-state index is 12.1. The van der Waals surface area contributed by atoms with Crippen molar-refractivity contribution in [3.8, 4) is 0 Å². The Balaban J connectivity index is 1.60. The van der Waals surface area contributed by atoms with E-state index in [4.69, 9.17) is 0 Å². The number of hydrogen-bond acceptors (Lipinski definition) is 4. The van der Waals surface area contributed by atoms with E-state index >= 15 is 0 Å². The molecule has 1 N–H and O–H groups in total. The van der Waals surface area contributed by atoms with Gasteiger partial charge in [-0.3, -0.25) is 4.79 Å². The zero-order valence-electron chi connectivity index (χ0n) is 13.2. The summed E-state index contributed by atoms with van der Waals surface area (Å²) in [5.41, 5.74) is 1.98. The lowest BCUT2D eigenvalue weighted by atomic mass is 10.2. The van der Waals surface area contributed by atoms with Gasteiger partial charge in [0.15, 0.2) is 5.16 Å². The second kappa shape index (κ2) is 7.00. The summed E-state index contributed by atoms with van der Waals surface area (Å²) in [5.74, 6) is 1.82. The number of allylic oxidation sites excluding steroid dienone is 1. The number of carbonyl (C=O) groups is 1. The molecule has 6 heteroatoms. The highest BCUT2D eigenvalue weighted by atomic mass is 32.2. The van der Waals surface area contributed by atoms with E-state index < -0.39 is 0 Å². The van der Waals surface area contributed by atoms with Crippen LogP contribution in [0.2, 0.25) is 0 Å². The van der Waals surface area contributed by atoms with Crippen molar-refractivity contribution in [3.63, 3.8) is 0 Å². The van der Waals surface area contributed by atoms with Gasteiger partial charge in [-0.25, -0.2) is 0 Å². The summed E-state index contributed by atoms with van der Waals surface area (Å²) in [6, 6.07) is 7.77. The predicted molar refractivity (Wildman–Crippen MR) is 92.7 cm³/mol.